The molecule has 10 heteroatoms. The van der Waals surface area contributed by atoms with Gasteiger partial charge in [-0.25, -0.2) is 19.6 Å². The van der Waals surface area contributed by atoms with Crippen LogP contribution in [0.5, 0.6) is 0 Å². The third-order valence-corrected chi connectivity index (χ3v) is 4.38. The van der Waals surface area contributed by atoms with Crippen molar-refractivity contribution in [1.29, 1.82) is 0 Å². The van der Waals surface area contributed by atoms with E-state index in [1.807, 2.05) is 6.07 Å². The second-order valence-electron chi connectivity index (χ2n) is 6.01. The molecule has 1 N–H and O–H groups in total. The molecule has 0 bridgehead atoms. The highest BCUT2D eigenvalue weighted by atomic mass is 16.7. The van der Waals surface area contributed by atoms with Gasteiger partial charge in [-0.1, -0.05) is 0 Å². The molecule has 1 fully saturated rings. The number of aromatic nitrogens is 5. The standard InChI is InChI=1S/C16H23N7O3/c1-25-15(26-2)7-18-16(24)12-4-3-5-22(8-12)13-6-14(20-10-19-13)23-11-17-9-21-23/h6,9-12,15H,3-5,7-8H2,1-2H3,(H,18,24). The van der Waals surface area contributed by atoms with Gasteiger partial charge in [0.05, 0.1) is 12.5 Å². The fraction of sp³-hybridized carbons (Fsp3) is 0.562. The summed E-state index contributed by atoms with van der Waals surface area (Å²) < 4.78 is 11.8. The number of piperidine rings is 1. The smallest absolute Gasteiger partial charge is 0.225 e. The first-order chi connectivity index (χ1) is 12.7. The van der Waals surface area contributed by atoms with Crippen LogP contribution in [0.15, 0.2) is 25.0 Å². The van der Waals surface area contributed by atoms with Crippen molar-refractivity contribution >= 4 is 11.7 Å². The maximum atomic E-state index is 12.5. The van der Waals surface area contributed by atoms with E-state index in [2.05, 4.69) is 30.3 Å². The Hall–Kier alpha value is -2.59. The summed E-state index contributed by atoms with van der Waals surface area (Å²) in [7, 11) is 3.09. The second-order valence-corrected chi connectivity index (χ2v) is 6.01. The summed E-state index contributed by atoms with van der Waals surface area (Å²) >= 11 is 0. The van der Waals surface area contributed by atoms with Crippen molar-refractivity contribution in [1.82, 2.24) is 30.0 Å². The average molecular weight is 361 g/mol. The Balaban J connectivity index is 1.63. The minimum absolute atomic E-state index is 0.000596. The van der Waals surface area contributed by atoms with Gasteiger partial charge in [0.15, 0.2) is 12.1 Å². The monoisotopic (exact) mass is 361 g/mol. The Bertz CT molecular complexity index is 706. The van der Waals surface area contributed by atoms with Gasteiger partial charge in [0.1, 0.15) is 24.8 Å². The number of carbonyl (C=O) groups excluding carboxylic acids is 1. The molecule has 0 radical (unpaired) electrons. The van der Waals surface area contributed by atoms with Gasteiger partial charge in [-0.3, -0.25) is 4.79 Å². The third-order valence-electron chi connectivity index (χ3n) is 4.38. The van der Waals surface area contributed by atoms with Crippen LogP contribution in [0.3, 0.4) is 0 Å². The van der Waals surface area contributed by atoms with Crippen molar-refractivity contribution in [2.75, 3.05) is 38.8 Å². The molecule has 0 spiro atoms. The summed E-state index contributed by atoms with van der Waals surface area (Å²) in [6.07, 6.45) is 5.85. The molecule has 1 aliphatic rings. The molecule has 0 saturated carbocycles. The van der Waals surface area contributed by atoms with Crippen LogP contribution < -0.4 is 10.2 Å². The summed E-state index contributed by atoms with van der Waals surface area (Å²) in [6.45, 7) is 1.77. The maximum absolute atomic E-state index is 12.5. The Kier molecular flexibility index (Phi) is 6.08. The number of nitrogens with zero attached hydrogens (tertiary/aromatic N) is 6. The van der Waals surface area contributed by atoms with Crippen LogP contribution >= 0.6 is 0 Å². The van der Waals surface area contributed by atoms with E-state index in [9.17, 15) is 4.79 Å². The predicted octanol–water partition coefficient (Wildman–Crippen LogP) is 0.00880. The Morgan fingerprint density at radius 1 is 1.31 bits per heavy atom. The van der Waals surface area contributed by atoms with Crippen LogP contribution in [0.4, 0.5) is 5.82 Å². The Morgan fingerprint density at radius 3 is 2.85 bits per heavy atom. The molecule has 1 aliphatic heterocycles. The van der Waals surface area contributed by atoms with E-state index >= 15 is 0 Å². The van der Waals surface area contributed by atoms with E-state index in [0.717, 1.165) is 25.2 Å². The van der Waals surface area contributed by atoms with E-state index in [1.165, 1.54) is 12.7 Å². The zero-order chi connectivity index (χ0) is 18.4. The van der Waals surface area contributed by atoms with Crippen LogP contribution in [-0.2, 0) is 14.3 Å². The van der Waals surface area contributed by atoms with Gasteiger partial charge in [-0.2, -0.15) is 5.10 Å². The molecule has 140 valence electrons. The van der Waals surface area contributed by atoms with Gasteiger partial charge in [-0.05, 0) is 12.8 Å². The molecule has 3 rings (SSSR count). The molecule has 0 aromatic carbocycles. The molecule has 1 atom stereocenters. The normalized spacial score (nSPS) is 17.5. The largest absolute Gasteiger partial charge is 0.356 e. The third kappa shape index (κ3) is 4.33. The van der Waals surface area contributed by atoms with Gasteiger partial charge < -0.3 is 19.7 Å². The Morgan fingerprint density at radius 2 is 2.12 bits per heavy atom. The lowest BCUT2D eigenvalue weighted by atomic mass is 9.97. The van der Waals surface area contributed by atoms with Crippen molar-refractivity contribution in [3.63, 3.8) is 0 Å². The highest BCUT2D eigenvalue weighted by Crippen LogP contribution is 2.22. The summed E-state index contributed by atoms with van der Waals surface area (Å²) in [5, 5.41) is 6.97. The number of anilines is 1. The molecule has 1 amide bonds. The summed E-state index contributed by atoms with van der Waals surface area (Å²) in [5.74, 6) is 1.30. The lowest BCUT2D eigenvalue weighted by molar-refractivity contribution is -0.131. The quantitative estimate of drug-likeness (QED) is 0.687. The van der Waals surface area contributed by atoms with Gasteiger partial charge in [0.2, 0.25) is 5.91 Å². The number of rotatable bonds is 7. The molecule has 26 heavy (non-hydrogen) atoms. The number of hydrogen-bond acceptors (Lipinski definition) is 8. The van der Waals surface area contributed by atoms with Crippen molar-refractivity contribution in [3.05, 3.63) is 25.0 Å². The van der Waals surface area contributed by atoms with E-state index in [4.69, 9.17) is 9.47 Å². The number of carbonyl (C=O) groups is 1. The molecule has 0 aliphatic carbocycles. The van der Waals surface area contributed by atoms with Gasteiger partial charge in [0, 0.05) is 33.4 Å². The number of methoxy groups -OCH3 is 2. The van der Waals surface area contributed by atoms with Crippen molar-refractivity contribution in [3.8, 4) is 5.82 Å². The number of amides is 1. The van der Waals surface area contributed by atoms with Gasteiger partial charge >= 0.3 is 0 Å². The zero-order valence-electron chi connectivity index (χ0n) is 14.9. The topological polar surface area (TPSA) is 107 Å². The molecule has 1 saturated heterocycles. The van der Waals surface area contributed by atoms with Gasteiger partial charge in [0.25, 0.3) is 0 Å². The van der Waals surface area contributed by atoms with E-state index in [0.29, 0.717) is 18.9 Å². The first-order valence-corrected chi connectivity index (χ1v) is 8.46. The molecule has 1 unspecified atom stereocenters. The van der Waals surface area contributed by atoms with E-state index in [1.54, 1.807) is 25.2 Å². The second kappa shape index (κ2) is 8.68. The minimum Gasteiger partial charge on any atom is -0.356 e. The first kappa shape index (κ1) is 18.2. The zero-order valence-corrected chi connectivity index (χ0v) is 14.9. The molecular weight excluding hydrogens is 338 g/mol. The average Bonchev–Trinajstić information content (AvgIpc) is 3.24. The van der Waals surface area contributed by atoms with Gasteiger partial charge in [-0.15, -0.1) is 0 Å². The number of nitrogens with one attached hydrogen (secondary N) is 1. The van der Waals surface area contributed by atoms with Crippen LogP contribution in [0.2, 0.25) is 0 Å². The molecule has 10 nitrogen and oxygen atoms in total. The fourth-order valence-electron chi connectivity index (χ4n) is 2.95. The van der Waals surface area contributed by atoms with Crippen LogP contribution in [0.25, 0.3) is 5.82 Å². The van der Waals surface area contributed by atoms with Crippen molar-refractivity contribution < 1.29 is 14.3 Å². The summed E-state index contributed by atoms with van der Waals surface area (Å²) in [6, 6.07) is 1.85. The summed E-state index contributed by atoms with van der Waals surface area (Å²) in [5.41, 5.74) is 0. The molecule has 2 aromatic rings. The van der Waals surface area contributed by atoms with Crippen molar-refractivity contribution in [2.24, 2.45) is 5.92 Å². The predicted molar refractivity (Wildman–Crippen MR) is 92.7 cm³/mol. The minimum atomic E-state index is -0.439. The lowest BCUT2D eigenvalue weighted by Crippen LogP contribution is -2.45. The van der Waals surface area contributed by atoms with E-state index in [-0.39, 0.29) is 11.8 Å². The number of ether oxygens (including phenoxy) is 2. The van der Waals surface area contributed by atoms with Crippen LogP contribution in [0.1, 0.15) is 12.8 Å². The summed E-state index contributed by atoms with van der Waals surface area (Å²) in [4.78, 5) is 27.1. The van der Waals surface area contributed by atoms with Crippen LogP contribution in [-0.4, -0.2) is 70.8 Å². The van der Waals surface area contributed by atoms with Crippen LogP contribution in [0, 0.1) is 5.92 Å². The SMILES string of the molecule is COC(CNC(=O)C1CCCN(c2cc(-n3cncn3)ncn2)C1)OC. The van der Waals surface area contributed by atoms with E-state index < -0.39 is 6.29 Å². The lowest BCUT2D eigenvalue weighted by Gasteiger charge is -2.33. The fourth-order valence-corrected chi connectivity index (χ4v) is 2.95. The Labute approximate surface area is 151 Å². The molecule has 2 aromatic heterocycles. The molecular formula is C16H23N7O3. The number of hydrogen-bond donors (Lipinski definition) is 1. The van der Waals surface area contributed by atoms with Crippen molar-refractivity contribution in [2.45, 2.75) is 19.1 Å². The molecule has 3 heterocycles. The highest BCUT2D eigenvalue weighted by molar-refractivity contribution is 5.79. The highest BCUT2D eigenvalue weighted by Gasteiger charge is 2.27. The maximum Gasteiger partial charge on any atom is 0.225 e. The first-order valence-electron chi connectivity index (χ1n) is 8.46.